The number of likely N-dealkylation sites (N-methyl/N-ethyl adjacent to an activating group) is 1. The summed E-state index contributed by atoms with van der Waals surface area (Å²) in [5.74, 6) is 1.97. The summed E-state index contributed by atoms with van der Waals surface area (Å²) >= 11 is 0. The monoisotopic (exact) mass is 559 g/mol. The first-order valence-electron chi connectivity index (χ1n) is 13.3. The fourth-order valence-electron chi connectivity index (χ4n) is 5.10. The van der Waals surface area contributed by atoms with Crippen LogP contribution in [0.1, 0.15) is 30.4 Å². The Morgan fingerprint density at radius 1 is 1.27 bits per heavy atom. The van der Waals surface area contributed by atoms with E-state index in [-0.39, 0.29) is 18.2 Å². The van der Waals surface area contributed by atoms with Crippen LogP contribution < -0.4 is 15.6 Å². The SMILES string of the molecule is C=CCn1c(=O)c2cnc(Nc3cc4c(c(OC5CCC5)c3)CCN(C)C4)nc2n1-c1cccc(N=[S-](C)=O)n1. The van der Waals surface area contributed by atoms with Gasteiger partial charge >= 0.3 is 0 Å². The zero-order valence-electron chi connectivity index (χ0n) is 22.5. The molecule has 0 atom stereocenters. The van der Waals surface area contributed by atoms with E-state index < -0.39 is 10.6 Å². The van der Waals surface area contributed by atoms with Crippen molar-refractivity contribution in [2.75, 3.05) is 25.2 Å². The largest absolute Gasteiger partial charge is 0.490 e. The summed E-state index contributed by atoms with van der Waals surface area (Å²) in [4.78, 5) is 29.3. The first kappa shape index (κ1) is 26.2. The molecule has 1 fully saturated rings. The fourth-order valence-corrected chi connectivity index (χ4v) is 5.46. The van der Waals surface area contributed by atoms with Crippen molar-refractivity contribution in [3.05, 3.63) is 70.7 Å². The van der Waals surface area contributed by atoms with Crippen LogP contribution in [0.2, 0.25) is 0 Å². The first-order valence-corrected chi connectivity index (χ1v) is 14.8. The second kappa shape index (κ2) is 10.9. The van der Waals surface area contributed by atoms with Crippen molar-refractivity contribution in [1.82, 2.24) is 29.2 Å². The lowest BCUT2D eigenvalue weighted by Gasteiger charge is -2.31. The maximum atomic E-state index is 13.3. The van der Waals surface area contributed by atoms with E-state index in [9.17, 15) is 9.00 Å². The van der Waals surface area contributed by atoms with Crippen LogP contribution >= 0.6 is 0 Å². The van der Waals surface area contributed by atoms with Gasteiger partial charge in [-0.2, -0.15) is 15.6 Å². The van der Waals surface area contributed by atoms with E-state index in [1.54, 1.807) is 29.0 Å². The van der Waals surface area contributed by atoms with E-state index in [1.165, 1.54) is 34.7 Å². The normalized spacial score (nSPS) is 16.4. The van der Waals surface area contributed by atoms with Gasteiger partial charge in [0.1, 0.15) is 17.0 Å². The highest BCUT2D eigenvalue weighted by molar-refractivity contribution is 7.74. The predicted molar refractivity (Wildman–Crippen MR) is 155 cm³/mol. The van der Waals surface area contributed by atoms with Crippen molar-refractivity contribution in [3.8, 4) is 11.6 Å². The predicted octanol–water partition coefficient (Wildman–Crippen LogP) is 4.23. The molecule has 0 amide bonds. The van der Waals surface area contributed by atoms with Gasteiger partial charge in [-0.15, -0.1) is 12.8 Å². The summed E-state index contributed by atoms with van der Waals surface area (Å²) < 4.78 is 25.2. The summed E-state index contributed by atoms with van der Waals surface area (Å²) in [7, 11) is 0.694. The number of nitrogens with zero attached hydrogens (tertiary/aromatic N) is 7. The van der Waals surface area contributed by atoms with Gasteiger partial charge < -0.3 is 23.5 Å². The molecule has 0 saturated heterocycles. The Balaban J connectivity index is 1.43. The van der Waals surface area contributed by atoms with Gasteiger partial charge in [0.15, 0.2) is 11.5 Å². The van der Waals surface area contributed by atoms with Gasteiger partial charge in [0.25, 0.3) is 5.56 Å². The molecule has 4 heterocycles. The number of aromatic nitrogens is 5. The lowest BCUT2D eigenvalue weighted by Crippen LogP contribution is -2.29. The summed E-state index contributed by atoms with van der Waals surface area (Å²) in [6.45, 7) is 5.87. The number of fused-ring (bicyclic) bond motifs is 2. The molecule has 0 spiro atoms. The third-order valence-electron chi connectivity index (χ3n) is 7.22. The van der Waals surface area contributed by atoms with Gasteiger partial charge in [0.2, 0.25) is 5.95 Å². The lowest BCUT2D eigenvalue weighted by atomic mass is 9.94. The molecule has 1 saturated carbocycles. The lowest BCUT2D eigenvalue weighted by molar-refractivity contribution is 0.118. The van der Waals surface area contributed by atoms with Crippen molar-refractivity contribution in [2.45, 2.75) is 44.9 Å². The number of pyridine rings is 1. The van der Waals surface area contributed by atoms with E-state index >= 15 is 0 Å². The molecule has 1 N–H and O–H groups in total. The minimum atomic E-state index is -1.43. The highest BCUT2D eigenvalue weighted by Gasteiger charge is 2.25. The van der Waals surface area contributed by atoms with Crippen LogP contribution in [0.15, 0.2) is 58.3 Å². The number of hydrogen-bond acceptors (Lipinski definition) is 10. The molecule has 12 heteroatoms. The Hall–Kier alpha value is -4.03. The third-order valence-corrected chi connectivity index (χ3v) is 7.67. The summed E-state index contributed by atoms with van der Waals surface area (Å²) in [5.41, 5.74) is 3.44. The number of rotatable bonds is 8. The van der Waals surface area contributed by atoms with Crippen molar-refractivity contribution in [2.24, 2.45) is 4.36 Å². The smallest absolute Gasteiger partial charge is 0.278 e. The molecular weight excluding hydrogens is 528 g/mol. The molecule has 1 aliphatic carbocycles. The fraction of sp³-hybridized carbons (Fsp3) is 0.357. The Bertz CT molecular complexity index is 1750. The van der Waals surface area contributed by atoms with Gasteiger partial charge in [0, 0.05) is 36.6 Å². The molecule has 6 rings (SSSR count). The first-order chi connectivity index (χ1) is 19.4. The van der Waals surface area contributed by atoms with Crippen LogP contribution in [-0.4, -0.2) is 55.2 Å². The van der Waals surface area contributed by atoms with Crippen LogP contribution in [0.4, 0.5) is 17.5 Å². The molecule has 4 aromatic rings. The number of hydrogen-bond donors (Lipinski definition) is 1. The topological polar surface area (TPSA) is 120 Å². The van der Waals surface area contributed by atoms with E-state index in [0.29, 0.717) is 28.6 Å². The zero-order valence-corrected chi connectivity index (χ0v) is 23.4. The molecule has 208 valence electrons. The Labute approximate surface area is 233 Å². The molecule has 0 bridgehead atoms. The van der Waals surface area contributed by atoms with Crippen LogP contribution in [0.3, 0.4) is 0 Å². The minimum absolute atomic E-state index is 0.237. The Morgan fingerprint density at radius 3 is 2.88 bits per heavy atom. The second-order valence-electron chi connectivity index (χ2n) is 10.2. The van der Waals surface area contributed by atoms with Gasteiger partial charge in [0.05, 0.1) is 12.6 Å². The second-order valence-corrected chi connectivity index (χ2v) is 11.2. The standard InChI is InChI=1S/C28H31N8O3S/c1-4-12-35-27(37)22-16-29-28(32-26(22)36(35)25-10-6-9-24(31-25)33-40(3)38)30-19-14-18-17-34(2)13-11-21(18)23(15-19)39-20-7-5-8-20/h4,6,9-10,14-16,20H,1,5,7-8,11-13,17H2,2-3H3,(H,29,30,32)/q-1. The van der Waals surface area contributed by atoms with Gasteiger partial charge in [-0.3, -0.25) is 4.79 Å². The number of ether oxygens (including phenoxy) is 1. The molecule has 40 heavy (non-hydrogen) atoms. The van der Waals surface area contributed by atoms with Crippen molar-refractivity contribution >= 4 is 39.1 Å². The molecule has 0 unspecified atom stereocenters. The zero-order chi connectivity index (χ0) is 27.8. The van der Waals surface area contributed by atoms with Crippen molar-refractivity contribution in [1.29, 1.82) is 0 Å². The van der Waals surface area contributed by atoms with Crippen LogP contribution in [0.5, 0.6) is 5.75 Å². The number of benzene rings is 1. The molecule has 1 aromatic carbocycles. The number of allylic oxidation sites excluding steroid dienone is 1. The highest BCUT2D eigenvalue weighted by atomic mass is 32.2. The third kappa shape index (κ3) is 5.11. The van der Waals surface area contributed by atoms with E-state index in [1.807, 2.05) is 6.07 Å². The van der Waals surface area contributed by atoms with Crippen molar-refractivity contribution < 1.29 is 8.95 Å². The number of nitrogens with one attached hydrogen (secondary N) is 1. The van der Waals surface area contributed by atoms with Gasteiger partial charge in [-0.25, -0.2) is 19.3 Å². The van der Waals surface area contributed by atoms with E-state index in [4.69, 9.17) is 9.72 Å². The van der Waals surface area contributed by atoms with E-state index in [0.717, 1.165) is 43.8 Å². The summed E-state index contributed by atoms with van der Waals surface area (Å²) in [6.07, 6.45) is 9.22. The Morgan fingerprint density at radius 2 is 2.12 bits per heavy atom. The van der Waals surface area contributed by atoms with Crippen LogP contribution in [0, 0.1) is 0 Å². The van der Waals surface area contributed by atoms with Gasteiger partial charge in [-0.05, 0) is 56.5 Å². The molecule has 0 radical (unpaired) electrons. The van der Waals surface area contributed by atoms with Gasteiger partial charge in [-0.1, -0.05) is 12.1 Å². The highest BCUT2D eigenvalue weighted by Crippen LogP contribution is 2.35. The molecular formula is C28H31N8O3S-. The van der Waals surface area contributed by atoms with E-state index in [2.05, 4.69) is 44.2 Å². The van der Waals surface area contributed by atoms with Crippen LogP contribution in [-0.2, 0) is 34.3 Å². The average Bonchev–Trinajstić information content (AvgIpc) is 3.16. The summed E-state index contributed by atoms with van der Waals surface area (Å²) in [5, 5.41) is 3.69. The molecule has 11 nitrogen and oxygen atoms in total. The maximum absolute atomic E-state index is 13.3. The van der Waals surface area contributed by atoms with Crippen LogP contribution in [0.25, 0.3) is 16.9 Å². The molecule has 3 aromatic heterocycles. The Kier molecular flexibility index (Phi) is 7.11. The average molecular weight is 560 g/mol. The maximum Gasteiger partial charge on any atom is 0.278 e. The van der Waals surface area contributed by atoms with Crippen molar-refractivity contribution in [3.63, 3.8) is 0 Å². The number of anilines is 2. The molecule has 1 aliphatic heterocycles. The quantitative estimate of drug-likeness (QED) is 0.252. The minimum Gasteiger partial charge on any atom is -0.490 e. The molecule has 2 aliphatic rings. The summed E-state index contributed by atoms with van der Waals surface area (Å²) in [6, 6.07) is 9.31.